The van der Waals surface area contributed by atoms with E-state index < -0.39 is 0 Å². The molecule has 0 amide bonds. The summed E-state index contributed by atoms with van der Waals surface area (Å²) in [5, 5.41) is 0. The molecule has 1 fully saturated rings. The second-order valence-electron chi connectivity index (χ2n) is 8.75. The third kappa shape index (κ3) is 8.89. The molecule has 2 rings (SSSR count). The van der Waals surface area contributed by atoms with Crippen LogP contribution < -0.4 is 0 Å². The molecule has 0 heterocycles. The summed E-state index contributed by atoms with van der Waals surface area (Å²) >= 11 is 0. The quantitative estimate of drug-likeness (QED) is 0.254. The molecular weight excluding hydrogens is 376 g/mol. The molecule has 0 bridgehead atoms. The van der Waals surface area contributed by atoms with Crippen LogP contribution in [0, 0.1) is 5.92 Å². The van der Waals surface area contributed by atoms with Crippen LogP contribution in [0.1, 0.15) is 118 Å². The summed E-state index contributed by atoms with van der Waals surface area (Å²) in [6.07, 6.45) is 15.4. The third-order valence-corrected chi connectivity index (χ3v) is 6.11. The zero-order valence-electron chi connectivity index (χ0n) is 19.0. The molecular formula is C26H40O4. The Morgan fingerprint density at radius 1 is 0.867 bits per heavy atom. The third-order valence-electron chi connectivity index (χ3n) is 6.11. The Morgan fingerprint density at radius 2 is 1.47 bits per heavy atom. The van der Waals surface area contributed by atoms with Crippen LogP contribution in [-0.4, -0.2) is 24.6 Å². The molecule has 2 unspecified atom stereocenters. The van der Waals surface area contributed by atoms with Gasteiger partial charge in [-0.05, 0) is 49.8 Å². The fraction of sp³-hybridized carbons (Fsp3) is 0.692. The minimum Gasteiger partial charge on any atom is -0.462 e. The lowest BCUT2D eigenvalue weighted by Crippen LogP contribution is -2.28. The maximum absolute atomic E-state index is 12.5. The lowest BCUT2D eigenvalue weighted by Gasteiger charge is -2.28. The van der Waals surface area contributed by atoms with Crippen molar-refractivity contribution in [1.29, 1.82) is 0 Å². The average molecular weight is 417 g/mol. The van der Waals surface area contributed by atoms with Crippen molar-refractivity contribution in [3.8, 4) is 0 Å². The van der Waals surface area contributed by atoms with E-state index in [0.717, 1.165) is 32.1 Å². The van der Waals surface area contributed by atoms with Gasteiger partial charge in [-0.3, -0.25) is 0 Å². The molecule has 30 heavy (non-hydrogen) atoms. The highest BCUT2D eigenvalue weighted by molar-refractivity contribution is 5.95. The van der Waals surface area contributed by atoms with E-state index in [-0.39, 0.29) is 18.0 Å². The normalized spacial score (nSPS) is 18.7. The Bertz CT molecular complexity index is 640. The predicted molar refractivity (Wildman–Crippen MR) is 121 cm³/mol. The second-order valence-corrected chi connectivity index (χ2v) is 8.75. The summed E-state index contributed by atoms with van der Waals surface area (Å²) in [6.45, 7) is 4.81. The van der Waals surface area contributed by atoms with Gasteiger partial charge < -0.3 is 9.47 Å². The average Bonchev–Trinajstić information content (AvgIpc) is 2.76. The topological polar surface area (TPSA) is 52.6 Å². The Balaban J connectivity index is 1.67. The van der Waals surface area contributed by atoms with Crippen LogP contribution in [0.3, 0.4) is 0 Å². The van der Waals surface area contributed by atoms with E-state index >= 15 is 0 Å². The molecule has 1 aromatic carbocycles. The summed E-state index contributed by atoms with van der Waals surface area (Å²) in [5.74, 6) is -0.315. The van der Waals surface area contributed by atoms with E-state index in [1.807, 2.05) is 0 Å². The highest BCUT2D eigenvalue weighted by atomic mass is 16.5. The van der Waals surface area contributed by atoms with Gasteiger partial charge in [0.2, 0.25) is 0 Å². The first-order valence-electron chi connectivity index (χ1n) is 12.1. The van der Waals surface area contributed by atoms with Crippen LogP contribution in [-0.2, 0) is 9.47 Å². The number of hydrogen-bond acceptors (Lipinski definition) is 4. The van der Waals surface area contributed by atoms with Crippen molar-refractivity contribution in [2.75, 3.05) is 6.61 Å². The van der Waals surface area contributed by atoms with Gasteiger partial charge in [-0.15, -0.1) is 0 Å². The van der Waals surface area contributed by atoms with E-state index in [1.165, 1.54) is 51.4 Å². The lowest BCUT2D eigenvalue weighted by molar-refractivity contribution is 0.00481. The van der Waals surface area contributed by atoms with E-state index in [4.69, 9.17) is 9.47 Å². The van der Waals surface area contributed by atoms with E-state index in [9.17, 15) is 9.59 Å². The Kier molecular flexibility index (Phi) is 11.6. The van der Waals surface area contributed by atoms with Crippen molar-refractivity contribution in [3.63, 3.8) is 0 Å². The molecule has 4 nitrogen and oxygen atoms in total. The van der Waals surface area contributed by atoms with Crippen LogP contribution in [0.5, 0.6) is 0 Å². The standard InChI is InChI=1S/C26H40O4/c1-3-4-5-6-7-8-9-10-13-19-29-25(27)22-16-14-17-23(20-22)26(28)30-24-18-12-11-15-21(24)2/h14,16-17,20-21,24H,3-13,15,18-19H2,1-2H3. The summed E-state index contributed by atoms with van der Waals surface area (Å²) < 4.78 is 11.1. The molecule has 0 spiro atoms. The molecule has 0 aliphatic heterocycles. The van der Waals surface area contributed by atoms with Crippen molar-refractivity contribution in [3.05, 3.63) is 35.4 Å². The molecule has 0 aromatic heterocycles. The van der Waals surface area contributed by atoms with Gasteiger partial charge >= 0.3 is 11.9 Å². The Labute approximate surface area is 182 Å². The molecule has 1 aliphatic carbocycles. The maximum Gasteiger partial charge on any atom is 0.338 e. The lowest BCUT2D eigenvalue weighted by atomic mass is 9.88. The Hall–Kier alpha value is -1.84. The number of esters is 2. The summed E-state index contributed by atoms with van der Waals surface area (Å²) in [4.78, 5) is 24.8. The maximum atomic E-state index is 12.5. The first-order chi connectivity index (χ1) is 14.6. The zero-order valence-corrected chi connectivity index (χ0v) is 19.0. The molecule has 0 radical (unpaired) electrons. The zero-order chi connectivity index (χ0) is 21.6. The number of unbranched alkanes of at least 4 members (excludes halogenated alkanes) is 8. The first kappa shape index (κ1) is 24.4. The van der Waals surface area contributed by atoms with Gasteiger partial charge in [-0.1, -0.05) is 77.7 Å². The number of hydrogen-bond donors (Lipinski definition) is 0. The van der Waals surface area contributed by atoms with Crippen molar-refractivity contribution in [2.45, 2.75) is 103 Å². The molecule has 168 valence electrons. The van der Waals surface area contributed by atoms with Crippen LogP contribution in [0.2, 0.25) is 0 Å². The largest absolute Gasteiger partial charge is 0.462 e. The molecule has 1 aromatic rings. The van der Waals surface area contributed by atoms with Crippen LogP contribution >= 0.6 is 0 Å². The van der Waals surface area contributed by atoms with Crippen molar-refractivity contribution < 1.29 is 19.1 Å². The number of rotatable bonds is 13. The molecule has 2 atom stereocenters. The van der Waals surface area contributed by atoms with Crippen LogP contribution in [0.25, 0.3) is 0 Å². The van der Waals surface area contributed by atoms with Gasteiger partial charge in [-0.2, -0.15) is 0 Å². The summed E-state index contributed by atoms with van der Waals surface area (Å²) in [5.41, 5.74) is 0.836. The molecule has 1 saturated carbocycles. The highest BCUT2D eigenvalue weighted by Crippen LogP contribution is 2.27. The van der Waals surface area contributed by atoms with Gasteiger partial charge in [0.1, 0.15) is 6.10 Å². The number of carbonyl (C=O) groups excluding carboxylic acids is 2. The monoisotopic (exact) mass is 416 g/mol. The number of carbonyl (C=O) groups is 2. The smallest absolute Gasteiger partial charge is 0.338 e. The van der Waals surface area contributed by atoms with Gasteiger partial charge in [0.05, 0.1) is 17.7 Å². The second kappa shape index (κ2) is 14.2. The van der Waals surface area contributed by atoms with Gasteiger partial charge in [0.25, 0.3) is 0 Å². The molecule has 0 N–H and O–H groups in total. The number of benzene rings is 1. The van der Waals surface area contributed by atoms with E-state index in [0.29, 0.717) is 23.7 Å². The fourth-order valence-electron chi connectivity index (χ4n) is 4.10. The van der Waals surface area contributed by atoms with Crippen LogP contribution in [0.4, 0.5) is 0 Å². The first-order valence-corrected chi connectivity index (χ1v) is 12.1. The van der Waals surface area contributed by atoms with Crippen molar-refractivity contribution >= 4 is 11.9 Å². The van der Waals surface area contributed by atoms with Crippen molar-refractivity contribution in [1.82, 2.24) is 0 Å². The fourth-order valence-corrected chi connectivity index (χ4v) is 4.10. The molecule has 0 saturated heterocycles. The minimum atomic E-state index is -0.366. The highest BCUT2D eigenvalue weighted by Gasteiger charge is 2.25. The van der Waals surface area contributed by atoms with E-state index in [1.54, 1.807) is 24.3 Å². The van der Waals surface area contributed by atoms with E-state index in [2.05, 4.69) is 13.8 Å². The molecule has 4 heteroatoms. The molecule has 1 aliphatic rings. The Morgan fingerprint density at radius 3 is 2.13 bits per heavy atom. The SMILES string of the molecule is CCCCCCCCCCCOC(=O)c1cccc(C(=O)OC2CCCCC2C)c1. The summed E-state index contributed by atoms with van der Waals surface area (Å²) in [7, 11) is 0. The van der Waals surface area contributed by atoms with Gasteiger partial charge in [-0.25, -0.2) is 9.59 Å². The summed E-state index contributed by atoms with van der Waals surface area (Å²) in [6, 6.07) is 6.70. The van der Waals surface area contributed by atoms with Crippen LogP contribution in [0.15, 0.2) is 24.3 Å². The minimum absolute atomic E-state index is 0.0199. The van der Waals surface area contributed by atoms with Gasteiger partial charge in [0, 0.05) is 0 Å². The predicted octanol–water partition coefficient (Wildman–Crippen LogP) is 7.11. The van der Waals surface area contributed by atoms with Gasteiger partial charge in [0.15, 0.2) is 0 Å². The van der Waals surface area contributed by atoms with Crippen molar-refractivity contribution in [2.24, 2.45) is 5.92 Å². The number of ether oxygens (including phenoxy) is 2.